The minimum absolute atomic E-state index is 0.0234. The van der Waals surface area contributed by atoms with Gasteiger partial charge in [0.05, 0.1) is 30.3 Å². The maximum Gasteiger partial charge on any atom is 0.244 e. The summed E-state index contributed by atoms with van der Waals surface area (Å²) in [5.74, 6) is -2.85. The number of ether oxygens (including phenoxy) is 1. The van der Waals surface area contributed by atoms with Gasteiger partial charge in [-0.25, -0.2) is 0 Å². The molecule has 3 aliphatic rings. The van der Waals surface area contributed by atoms with Crippen LogP contribution in [-0.2, 0) is 20.0 Å². The van der Waals surface area contributed by atoms with Crippen molar-refractivity contribution >= 4 is 29.4 Å². The summed E-state index contributed by atoms with van der Waals surface area (Å²) in [7, 11) is 1.59. The molecule has 5 atom stereocenters. The maximum atomic E-state index is 14.6. The highest BCUT2D eigenvalue weighted by atomic mass is 16.5. The third-order valence-corrected chi connectivity index (χ3v) is 10.7. The van der Waals surface area contributed by atoms with Crippen LogP contribution in [0.1, 0.15) is 28.1 Å². The van der Waals surface area contributed by atoms with Gasteiger partial charge < -0.3 is 15.2 Å². The number of carbonyl (C=O) groups excluding carboxylic acids is 3. The Bertz CT molecular complexity index is 2190. The fraction of sp³-hybridized carbons (Fsp3) is 0.178. The molecule has 0 radical (unpaired) electrons. The van der Waals surface area contributed by atoms with Crippen LogP contribution >= 0.6 is 0 Å². The fourth-order valence-corrected chi connectivity index (χ4v) is 8.37. The Morgan fingerprint density at radius 1 is 0.833 bits per heavy atom. The monoisotopic (exact) mass is 714 g/mol. The highest BCUT2D eigenvalue weighted by Crippen LogP contribution is 2.64. The average molecular weight is 715 g/mol. The van der Waals surface area contributed by atoms with Gasteiger partial charge >= 0.3 is 0 Å². The molecule has 3 amide bonds. The number of hydrogen-bond donors (Lipinski definition) is 2. The molecule has 2 aliphatic carbocycles. The second-order valence-corrected chi connectivity index (χ2v) is 13.6. The summed E-state index contributed by atoms with van der Waals surface area (Å²) in [5, 5.41) is 15.9. The normalized spacial score (nSPS) is 22.2. The number of carbonyl (C=O) groups is 3. The average Bonchev–Trinajstić information content (AvgIpc) is 3.84. The van der Waals surface area contributed by atoms with Crippen molar-refractivity contribution in [3.63, 3.8) is 0 Å². The van der Waals surface area contributed by atoms with Crippen LogP contribution in [0, 0.1) is 23.7 Å². The lowest BCUT2D eigenvalue weighted by Gasteiger charge is -2.36. The first-order valence-electron chi connectivity index (χ1n) is 18.0. The van der Waals surface area contributed by atoms with Gasteiger partial charge in [-0.15, -0.1) is 0 Å². The molecule has 54 heavy (non-hydrogen) atoms. The second-order valence-electron chi connectivity index (χ2n) is 13.6. The van der Waals surface area contributed by atoms with E-state index in [4.69, 9.17) is 9.72 Å². The number of aromatic nitrogens is 2. The first-order valence-corrected chi connectivity index (χ1v) is 18.0. The quantitative estimate of drug-likeness (QED) is 0.100. The first-order chi connectivity index (χ1) is 26.4. The van der Waals surface area contributed by atoms with Crippen molar-refractivity contribution in [2.24, 2.45) is 23.7 Å². The number of rotatable bonds is 11. The zero-order chi connectivity index (χ0) is 37.2. The zero-order valence-corrected chi connectivity index (χ0v) is 29.6. The molecule has 8 rings (SSSR count). The summed E-state index contributed by atoms with van der Waals surface area (Å²) >= 11 is 0. The van der Waals surface area contributed by atoms with Crippen molar-refractivity contribution in [1.29, 1.82) is 0 Å². The Morgan fingerprint density at radius 3 is 2.17 bits per heavy atom. The van der Waals surface area contributed by atoms with Gasteiger partial charge in [0.2, 0.25) is 17.7 Å². The largest absolute Gasteiger partial charge is 0.497 e. The molecule has 1 saturated heterocycles. The van der Waals surface area contributed by atoms with E-state index in [9.17, 15) is 19.5 Å². The SMILES string of the molecule is COc1ccc(/C=C/C(=O)NCCN2C(=O)[C@@H]3[C@@H]4C(C(O)(c5ccccc5)c5ccccn5)=C[C@@H](C4=C(c4ccccc4)c4ccccn4)[C@@H]3C2=O)cc1. The molecule has 1 saturated carbocycles. The fourth-order valence-electron chi connectivity index (χ4n) is 8.37. The van der Waals surface area contributed by atoms with E-state index in [1.807, 2.05) is 115 Å². The molecule has 0 spiro atoms. The number of pyridine rings is 2. The standard InChI is InChI=1S/C45H38N4O5/c1-54-32-21-18-29(19-22-32)20-23-37(50)48-26-27-49-43(51)40-33-28-34(45(53,31-14-6-3-7-15-31)36-17-9-11-25-47-36)41(42(40)44(49)52)39(33)38(30-12-4-2-5-13-30)35-16-8-10-24-46-35/h2-25,28,33,40-42,53H,26-27H2,1H3,(H,48,50)/b23-20+,39-38?/t33-,40-,41+,42-,45?/m0/s1. The van der Waals surface area contributed by atoms with Crippen molar-refractivity contribution in [1.82, 2.24) is 20.2 Å². The third kappa shape index (κ3) is 6.02. The predicted molar refractivity (Wildman–Crippen MR) is 204 cm³/mol. The Kier molecular flexibility index (Phi) is 9.31. The van der Waals surface area contributed by atoms with Crippen molar-refractivity contribution in [3.8, 4) is 5.75 Å². The van der Waals surface area contributed by atoms with E-state index in [1.54, 1.807) is 37.7 Å². The van der Waals surface area contributed by atoms with Gasteiger partial charge in [0.15, 0.2) is 5.60 Å². The van der Waals surface area contributed by atoms with E-state index >= 15 is 0 Å². The van der Waals surface area contributed by atoms with Crippen molar-refractivity contribution in [2.75, 3.05) is 20.2 Å². The van der Waals surface area contributed by atoms with Crippen LogP contribution in [0.4, 0.5) is 0 Å². The summed E-state index contributed by atoms with van der Waals surface area (Å²) in [6, 6.07) is 37.6. The smallest absolute Gasteiger partial charge is 0.244 e. The number of imide groups is 1. The molecule has 268 valence electrons. The van der Waals surface area contributed by atoms with Gasteiger partial charge in [0.1, 0.15) is 5.75 Å². The van der Waals surface area contributed by atoms with Crippen LogP contribution < -0.4 is 10.1 Å². The molecule has 3 heterocycles. The van der Waals surface area contributed by atoms with Crippen LogP contribution in [-0.4, -0.2) is 57.9 Å². The lowest BCUT2D eigenvalue weighted by atomic mass is 9.71. The molecule has 1 aliphatic heterocycles. The highest BCUT2D eigenvalue weighted by Gasteiger charge is 2.66. The molecule has 3 aromatic carbocycles. The molecule has 2 aromatic heterocycles. The van der Waals surface area contributed by atoms with E-state index in [-0.39, 0.29) is 30.8 Å². The highest BCUT2D eigenvalue weighted by molar-refractivity contribution is 6.08. The van der Waals surface area contributed by atoms with Crippen LogP contribution in [0.5, 0.6) is 5.75 Å². The van der Waals surface area contributed by atoms with E-state index in [0.717, 1.165) is 22.3 Å². The molecule has 1 unspecified atom stereocenters. The number of nitrogens with zero attached hydrogens (tertiary/aromatic N) is 3. The minimum Gasteiger partial charge on any atom is -0.497 e. The van der Waals surface area contributed by atoms with Crippen molar-refractivity contribution in [2.45, 2.75) is 5.60 Å². The molecule has 2 bridgehead atoms. The number of hydrogen-bond acceptors (Lipinski definition) is 7. The molecular formula is C45H38N4O5. The number of likely N-dealkylation sites (tertiary alicyclic amines) is 1. The van der Waals surface area contributed by atoms with Crippen molar-refractivity contribution in [3.05, 3.63) is 185 Å². The van der Waals surface area contributed by atoms with Gasteiger partial charge in [0.25, 0.3) is 0 Å². The number of aliphatic hydroxyl groups is 1. The number of methoxy groups -OCH3 is 1. The van der Waals surface area contributed by atoms with Crippen molar-refractivity contribution < 1.29 is 24.2 Å². The lowest BCUT2D eigenvalue weighted by Crippen LogP contribution is -2.40. The maximum absolute atomic E-state index is 14.6. The van der Waals surface area contributed by atoms with Gasteiger partial charge in [-0.1, -0.05) is 91.0 Å². The summed E-state index contributed by atoms with van der Waals surface area (Å²) in [6.45, 7) is 0.113. The van der Waals surface area contributed by atoms with E-state index in [1.165, 1.54) is 11.0 Å². The molecule has 2 N–H and O–H groups in total. The van der Waals surface area contributed by atoms with Gasteiger partial charge in [-0.05, 0) is 70.3 Å². The summed E-state index contributed by atoms with van der Waals surface area (Å²) in [5.41, 5.74) is 4.10. The lowest BCUT2D eigenvalue weighted by molar-refractivity contribution is -0.140. The number of amides is 3. The number of benzene rings is 3. The molecule has 5 aromatic rings. The summed E-state index contributed by atoms with van der Waals surface area (Å²) < 4.78 is 5.19. The first kappa shape index (κ1) is 34.6. The Morgan fingerprint density at radius 2 is 1.50 bits per heavy atom. The van der Waals surface area contributed by atoms with Gasteiger partial charge in [-0.3, -0.25) is 29.3 Å². The van der Waals surface area contributed by atoms with E-state index in [0.29, 0.717) is 28.3 Å². The van der Waals surface area contributed by atoms with E-state index < -0.39 is 29.3 Å². The topological polar surface area (TPSA) is 122 Å². The number of allylic oxidation sites excluding steroid dienone is 2. The molecular weight excluding hydrogens is 677 g/mol. The Labute approximate surface area is 313 Å². The Hall–Kier alpha value is -6.45. The molecule has 2 fully saturated rings. The number of nitrogens with one attached hydrogen (secondary N) is 1. The Balaban J connectivity index is 1.17. The summed E-state index contributed by atoms with van der Waals surface area (Å²) in [6.07, 6.45) is 8.48. The molecule has 9 heteroatoms. The van der Waals surface area contributed by atoms with Crippen LogP contribution in [0.25, 0.3) is 11.6 Å². The number of fused-ring (bicyclic) bond motifs is 5. The summed E-state index contributed by atoms with van der Waals surface area (Å²) in [4.78, 5) is 52.4. The minimum atomic E-state index is -1.70. The van der Waals surface area contributed by atoms with Crippen LogP contribution in [0.15, 0.2) is 157 Å². The predicted octanol–water partition coefficient (Wildman–Crippen LogP) is 5.84. The molecule has 9 nitrogen and oxygen atoms in total. The van der Waals surface area contributed by atoms with E-state index in [2.05, 4.69) is 10.3 Å². The second kappa shape index (κ2) is 14.5. The zero-order valence-electron chi connectivity index (χ0n) is 29.6. The van der Waals surface area contributed by atoms with Gasteiger partial charge in [-0.2, -0.15) is 0 Å². The third-order valence-electron chi connectivity index (χ3n) is 10.7. The van der Waals surface area contributed by atoms with Crippen LogP contribution in [0.3, 0.4) is 0 Å². The van der Waals surface area contributed by atoms with Gasteiger partial charge in [0, 0.05) is 49.0 Å². The van der Waals surface area contributed by atoms with Crippen LogP contribution in [0.2, 0.25) is 0 Å².